The summed E-state index contributed by atoms with van der Waals surface area (Å²) < 4.78 is 62.7. The Morgan fingerprint density at radius 1 is 0.329 bits per heavy atom. The van der Waals surface area contributed by atoms with Gasteiger partial charge < -0.3 is 37.0 Å². The van der Waals surface area contributed by atoms with Gasteiger partial charge in [0.25, 0.3) is 0 Å². The van der Waals surface area contributed by atoms with E-state index in [1.807, 2.05) is 36.4 Å². The molecule has 402 valence electrons. The molecule has 6 aliphatic rings. The molecule has 0 bridgehead atoms. The van der Waals surface area contributed by atoms with Crippen molar-refractivity contribution < 1.29 is 37.0 Å². The fraction of sp³-hybridized carbons (Fsp3) is 0.143. The van der Waals surface area contributed by atoms with Gasteiger partial charge >= 0.3 is 17.1 Å². The normalized spacial score (nSPS) is 20.5. The van der Waals surface area contributed by atoms with Gasteiger partial charge in [-0.25, -0.2) is 9.34 Å². The van der Waals surface area contributed by atoms with Gasteiger partial charge in [0, 0.05) is 58.6 Å². The fourth-order valence-electron chi connectivity index (χ4n) is 13.6. The second-order valence-electron chi connectivity index (χ2n) is 21.4. The summed E-state index contributed by atoms with van der Waals surface area (Å²) in [5.74, 6) is 7.44. The predicted molar refractivity (Wildman–Crippen MR) is 318 cm³/mol. The van der Waals surface area contributed by atoms with Crippen molar-refractivity contribution in [3.8, 4) is 57.5 Å². The minimum Gasteiger partial charge on any atom is -0.457 e. The Labute approximate surface area is 478 Å². The van der Waals surface area contributed by atoms with Crippen molar-refractivity contribution in [2.45, 2.75) is 50.0 Å². The van der Waals surface area contributed by atoms with Crippen LogP contribution in [0, 0.1) is 0 Å². The highest BCUT2D eigenvalue weighted by molar-refractivity contribution is 7.45. The zero-order valence-corrected chi connectivity index (χ0v) is 46.8. The minimum atomic E-state index is -1.90. The van der Waals surface area contributed by atoms with Gasteiger partial charge in [-0.2, -0.15) is 0 Å². The first-order chi connectivity index (χ1) is 40.5. The summed E-state index contributed by atoms with van der Waals surface area (Å²) in [4.78, 5) is 0. The lowest BCUT2D eigenvalue weighted by molar-refractivity contribution is 0.193. The molecule has 0 radical (unpaired) electrons. The second kappa shape index (κ2) is 19.7. The highest BCUT2D eigenvalue weighted by atomic mass is 31.2. The lowest BCUT2D eigenvalue weighted by Crippen LogP contribution is -2.38. The van der Waals surface area contributed by atoms with Crippen LogP contribution in [0.3, 0.4) is 0 Å². The Morgan fingerprint density at radius 2 is 0.622 bits per heavy atom. The number of hydrogen-bond donors (Lipinski definition) is 0. The molecule has 16 rings (SSSR count). The molecule has 6 aliphatic heterocycles. The molecule has 82 heavy (non-hydrogen) atoms. The van der Waals surface area contributed by atoms with E-state index in [1.165, 1.54) is 0 Å². The molecule has 0 aliphatic carbocycles. The first kappa shape index (κ1) is 49.5. The quantitative estimate of drug-likeness (QED) is 0.130. The van der Waals surface area contributed by atoms with Crippen LogP contribution in [0.1, 0.15) is 92.7 Å². The van der Waals surface area contributed by atoms with Crippen molar-refractivity contribution in [3.05, 3.63) is 297 Å². The summed E-state index contributed by atoms with van der Waals surface area (Å²) in [7, 11) is -3.80. The van der Waals surface area contributed by atoms with Gasteiger partial charge in [0.2, 0.25) is 0 Å². The van der Waals surface area contributed by atoms with E-state index >= 15 is 0 Å². The van der Waals surface area contributed by atoms with Gasteiger partial charge in [-0.05, 0) is 96.8 Å². The van der Waals surface area contributed by atoms with E-state index in [-0.39, 0.29) is 25.3 Å². The molecular weight excluding hydrogens is 1060 g/mol. The average molecular weight is 1110 g/mol. The predicted octanol–water partition coefficient (Wildman–Crippen LogP) is 18.0. The first-order valence-electron chi connectivity index (χ1n) is 27.9. The molecule has 0 saturated heterocycles. The van der Waals surface area contributed by atoms with Crippen molar-refractivity contribution in [1.29, 1.82) is 0 Å². The molecule has 0 amide bonds. The van der Waals surface area contributed by atoms with Crippen LogP contribution in [0.15, 0.2) is 231 Å². The van der Waals surface area contributed by atoms with Crippen LogP contribution in [0.25, 0.3) is 0 Å². The summed E-state index contributed by atoms with van der Waals surface area (Å²) in [5.41, 5.74) is 10.4. The number of ether oxygens (including phenoxy) is 4. The molecule has 10 aromatic carbocycles. The number of para-hydroxylation sites is 4. The van der Waals surface area contributed by atoms with Crippen LogP contribution in [0.2, 0.25) is 0 Å². The summed E-state index contributed by atoms with van der Waals surface area (Å²) in [6.07, 6.45) is 0. The van der Waals surface area contributed by atoms with E-state index in [0.717, 1.165) is 101 Å². The maximum absolute atomic E-state index is 7.67. The third kappa shape index (κ3) is 7.49. The molecule has 0 fully saturated rings. The summed E-state index contributed by atoms with van der Waals surface area (Å²) in [6, 6.07) is 79.3. The van der Waals surface area contributed by atoms with Gasteiger partial charge in [-0.1, -0.05) is 170 Å². The molecule has 0 aromatic heterocycles. The lowest BCUT2D eigenvalue weighted by atomic mass is 9.61. The standard InChI is InChI=1S/C70H54N2O8P2/c1-45(47-21-5-3-6-22-47)71(81-73-43-49-25-17-35-59-65(49)69(51-27-9-13-31-55(51)75-59)53-29-11-15-33-57(53)77-61-37-19-39-63(79-81)67(61)69)41-42-72(46(2)48-23-7-4-8-24-48)82-74-44-50-26-18-36-60-66(50)70(52-28-10-14-32-56(52)76-60)54-30-12-16-34-58(54)78-62-38-20-40-64(80-82)68(62)70/h3-40,45-46H,41-44H2,1-2H3/t45-,46-,69-,70-,81?,82?/m0/s1. The monoisotopic (exact) mass is 1110 g/mol. The van der Waals surface area contributed by atoms with Crippen LogP contribution in [0.5, 0.6) is 57.5 Å². The number of fused-ring (bicyclic) bond motifs is 4. The van der Waals surface area contributed by atoms with E-state index in [2.05, 4.69) is 217 Å². The van der Waals surface area contributed by atoms with Crippen LogP contribution < -0.4 is 28.0 Å². The van der Waals surface area contributed by atoms with Crippen LogP contribution in [0.4, 0.5) is 0 Å². The Morgan fingerprint density at radius 3 is 0.988 bits per heavy atom. The SMILES string of the molecule is C[C@@H](c1ccccc1)N(CCN([C@@H](C)c1ccccc1)P1OCc2cccc3c2[C@]2(c4ccccc4O3)c3ccccc3Oc3cccc(c32)O1)P1OCc2cccc3c2[C@]2(c4ccccc4O3)c3ccccc3Oc3cccc(c32)O1. The molecule has 2 spiro atoms. The van der Waals surface area contributed by atoms with Gasteiger partial charge in [0.15, 0.2) is 0 Å². The highest BCUT2D eigenvalue weighted by Crippen LogP contribution is 2.68. The number of hydrogen-bond acceptors (Lipinski definition) is 10. The van der Waals surface area contributed by atoms with Crippen molar-refractivity contribution in [1.82, 2.24) is 9.34 Å². The van der Waals surface area contributed by atoms with Crippen LogP contribution in [-0.2, 0) is 33.1 Å². The van der Waals surface area contributed by atoms with Crippen molar-refractivity contribution in [3.63, 3.8) is 0 Å². The Bertz CT molecular complexity index is 3800. The molecule has 10 aromatic rings. The van der Waals surface area contributed by atoms with E-state index in [9.17, 15) is 0 Å². The van der Waals surface area contributed by atoms with E-state index < -0.39 is 27.9 Å². The van der Waals surface area contributed by atoms with Gasteiger partial charge in [0.05, 0.1) is 35.2 Å². The smallest absolute Gasteiger partial charge is 0.321 e. The van der Waals surface area contributed by atoms with Gasteiger partial charge in [-0.3, -0.25) is 0 Å². The number of rotatable bonds is 9. The number of benzene rings is 10. The van der Waals surface area contributed by atoms with Crippen molar-refractivity contribution in [2.24, 2.45) is 0 Å². The Kier molecular flexibility index (Phi) is 11.9. The van der Waals surface area contributed by atoms with Crippen molar-refractivity contribution in [2.75, 3.05) is 13.1 Å². The molecule has 6 atom stereocenters. The topological polar surface area (TPSA) is 80.3 Å². The largest absolute Gasteiger partial charge is 0.457 e. The van der Waals surface area contributed by atoms with Crippen LogP contribution >= 0.6 is 17.1 Å². The first-order valence-corrected chi connectivity index (χ1v) is 30.2. The summed E-state index contributed by atoms with van der Waals surface area (Å²) in [6.45, 7) is 5.96. The van der Waals surface area contributed by atoms with E-state index in [1.54, 1.807) is 0 Å². The Hall–Kier alpha value is -8.30. The zero-order valence-electron chi connectivity index (χ0n) is 45.0. The van der Waals surface area contributed by atoms with Gasteiger partial charge in [-0.15, -0.1) is 0 Å². The van der Waals surface area contributed by atoms with Gasteiger partial charge in [0.1, 0.15) is 57.5 Å². The van der Waals surface area contributed by atoms with E-state index in [0.29, 0.717) is 36.1 Å². The van der Waals surface area contributed by atoms with Crippen molar-refractivity contribution >= 4 is 17.1 Å². The maximum atomic E-state index is 7.67. The average Bonchev–Trinajstić information content (AvgIpc) is 1.30. The molecule has 10 nitrogen and oxygen atoms in total. The molecule has 12 heteroatoms. The molecule has 0 N–H and O–H groups in total. The zero-order chi connectivity index (χ0) is 54.5. The Balaban J connectivity index is 0.848. The molecule has 2 unspecified atom stereocenters. The van der Waals surface area contributed by atoms with E-state index in [4.69, 9.17) is 37.0 Å². The van der Waals surface area contributed by atoms with Crippen LogP contribution in [-0.4, -0.2) is 22.4 Å². The second-order valence-corrected chi connectivity index (χ2v) is 24.3. The number of nitrogens with zero attached hydrogens (tertiary/aromatic N) is 2. The molecular formula is C70H54N2O8P2. The third-order valence-corrected chi connectivity index (χ3v) is 20.5. The fourth-order valence-corrected chi connectivity index (χ4v) is 16.7. The third-order valence-electron chi connectivity index (χ3n) is 17.2. The lowest BCUT2D eigenvalue weighted by Gasteiger charge is -2.45. The molecule has 0 saturated carbocycles. The molecule has 6 heterocycles. The summed E-state index contributed by atoms with van der Waals surface area (Å²) >= 11 is 0. The minimum absolute atomic E-state index is 0.185. The highest BCUT2D eigenvalue weighted by Gasteiger charge is 2.56. The maximum Gasteiger partial charge on any atom is 0.321 e. The summed E-state index contributed by atoms with van der Waals surface area (Å²) in [5, 5.41) is 0.